The van der Waals surface area contributed by atoms with Gasteiger partial charge < -0.3 is 9.80 Å². The highest BCUT2D eigenvalue weighted by Gasteiger charge is 2.20. The Morgan fingerprint density at radius 2 is 2.00 bits per heavy atom. The van der Waals surface area contributed by atoms with E-state index in [0.717, 1.165) is 38.4 Å². The molecule has 1 aromatic rings. The van der Waals surface area contributed by atoms with Gasteiger partial charge in [-0.3, -0.25) is 4.79 Å². The summed E-state index contributed by atoms with van der Waals surface area (Å²) < 4.78 is 0. The van der Waals surface area contributed by atoms with Gasteiger partial charge in [0.1, 0.15) is 0 Å². The maximum atomic E-state index is 12.1. The van der Waals surface area contributed by atoms with Crippen molar-refractivity contribution in [3.05, 3.63) is 29.8 Å². The van der Waals surface area contributed by atoms with E-state index in [-0.39, 0.29) is 0 Å². The van der Waals surface area contributed by atoms with Gasteiger partial charge in [0.2, 0.25) is 5.91 Å². The summed E-state index contributed by atoms with van der Waals surface area (Å²) in [5, 5.41) is 0. The van der Waals surface area contributed by atoms with Crippen LogP contribution in [0.5, 0.6) is 0 Å². The predicted octanol–water partition coefficient (Wildman–Crippen LogP) is 2.79. The molecule has 0 saturated carbocycles. The number of rotatable bonds is 5. The first-order valence-corrected chi connectivity index (χ1v) is 8.68. The Kier molecular flexibility index (Phi) is 5.77. The Bertz CT molecular complexity index is 442. The van der Waals surface area contributed by atoms with Crippen LogP contribution in [0.4, 0.5) is 5.69 Å². The summed E-state index contributed by atoms with van der Waals surface area (Å²) in [4.78, 5) is 16.5. The highest BCUT2D eigenvalue weighted by Crippen LogP contribution is 2.18. The summed E-state index contributed by atoms with van der Waals surface area (Å²) >= 11 is 1.81. The van der Waals surface area contributed by atoms with Gasteiger partial charge in [-0.1, -0.05) is 12.1 Å². The Morgan fingerprint density at radius 1 is 1.25 bits per heavy atom. The van der Waals surface area contributed by atoms with E-state index in [0.29, 0.717) is 12.3 Å². The van der Waals surface area contributed by atoms with E-state index in [2.05, 4.69) is 42.3 Å². The van der Waals surface area contributed by atoms with Gasteiger partial charge in [-0.25, -0.2) is 0 Å². The van der Waals surface area contributed by atoms with Crippen molar-refractivity contribution in [1.29, 1.82) is 0 Å². The van der Waals surface area contributed by atoms with Crippen molar-refractivity contribution in [2.75, 3.05) is 43.1 Å². The fourth-order valence-electron chi connectivity index (χ4n) is 2.56. The Balaban J connectivity index is 1.81. The minimum absolute atomic E-state index is 0.322. The molecule has 0 aliphatic carbocycles. The summed E-state index contributed by atoms with van der Waals surface area (Å²) in [6, 6.07) is 8.60. The first kappa shape index (κ1) is 15.2. The summed E-state index contributed by atoms with van der Waals surface area (Å²) in [5.41, 5.74) is 2.57. The number of hydrogen-bond acceptors (Lipinski definition) is 3. The van der Waals surface area contributed by atoms with E-state index in [1.165, 1.54) is 11.3 Å². The minimum atomic E-state index is 0.322. The molecule has 2 rings (SSSR count). The van der Waals surface area contributed by atoms with Crippen LogP contribution in [0, 0.1) is 6.92 Å². The van der Waals surface area contributed by atoms with Crippen LogP contribution in [0.2, 0.25) is 0 Å². The Morgan fingerprint density at radius 3 is 2.65 bits per heavy atom. The number of benzene rings is 1. The standard InChI is InChI=1S/C16H24N2OS/c1-14-5-3-6-15(13-14)17-8-10-18(11-9-17)16(19)7-4-12-20-2/h3,5-6,13H,4,7-12H2,1-2H3. The largest absolute Gasteiger partial charge is 0.368 e. The third-order valence-corrected chi connectivity index (χ3v) is 4.44. The van der Waals surface area contributed by atoms with Gasteiger partial charge in [0.15, 0.2) is 0 Å². The molecule has 20 heavy (non-hydrogen) atoms. The van der Waals surface area contributed by atoms with Gasteiger partial charge >= 0.3 is 0 Å². The molecule has 4 heteroatoms. The van der Waals surface area contributed by atoms with E-state index < -0.39 is 0 Å². The lowest BCUT2D eigenvalue weighted by Crippen LogP contribution is -2.48. The number of carbonyl (C=O) groups excluding carboxylic acids is 1. The average molecular weight is 292 g/mol. The van der Waals surface area contributed by atoms with Crippen molar-refractivity contribution in [1.82, 2.24) is 4.90 Å². The molecule has 110 valence electrons. The summed E-state index contributed by atoms with van der Waals surface area (Å²) in [5.74, 6) is 1.40. The van der Waals surface area contributed by atoms with Crippen molar-refractivity contribution < 1.29 is 4.79 Å². The molecule has 1 heterocycles. The number of hydrogen-bond donors (Lipinski definition) is 0. The molecule has 1 amide bonds. The first-order valence-electron chi connectivity index (χ1n) is 7.29. The highest BCUT2D eigenvalue weighted by molar-refractivity contribution is 7.98. The lowest BCUT2D eigenvalue weighted by Gasteiger charge is -2.36. The average Bonchev–Trinajstić information content (AvgIpc) is 2.47. The number of nitrogens with zero attached hydrogens (tertiary/aromatic N) is 2. The highest BCUT2D eigenvalue weighted by atomic mass is 32.2. The van der Waals surface area contributed by atoms with Crippen LogP contribution in [0.15, 0.2) is 24.3 Å². The Hall–Kier alpha value is -1.16. The summed E-state index contributed by atoms with van der Waals surface area (Å²) in [6.07, 6.45) is 3.79. The van der Waals surface area contributed by atoms with Crippen LogP contribution < -0.4 is 4.90 Å². The van der Waals surface area contributed by atoms with Gasteiger partial charge in [0.25, 0.3) is 0 Å². The molecule has 1 aliphatic heterocycles. The lowest BCUT2D eigenvalue weighted by molar-refractivity contribution is -0.131. The molecule has 1 saturated heterocycles. The van der Waals surface area contributed by atoms with Gasteiger partial charge in [0, 0.05) is 38.3 Å². The fraction of sp³-hybridized carbons (Fsp3) is 0.562. The maximum Gasteiger partial charge on any atom is 0.222 e. The molecule has 1 aromatic carbocycles. The number of anilines is 1. The predicted molar refractivity (Wildman–Crippen MR) is 87.6 cm³/mol. The SMILES string of the molecule is CSCCCC(=O)N1CCN(c2cccc(C)c2)CC1. The van der Waals surface area contributed by atoms with Gasteiger partial charge in [-0.05, 0) is 43.0 Å². The second-order valence-electron chi connectivity index (χ2n) is 5.30. The molecular formula is C16H24N2OS. The zero-order valence-corrected chi connectivity index (χ0v) is 13.3. The monoisotopic (exact) mass is 292 g/mol. The molecule has 0 radical (unpaired) electrons. The van der Waals surface area contributed by atoms with E-state index in [1.807, 2.05) is 16.7 Å². The minimum Gasteiger partial charge on any atom is -0.368 e. The molecule has 0 atom stereocenters. The van der Waals surface area contributed by atoms with E-state index in [1.54, 1.807) is 0 Å². The maximum absolute atomic E-state index is 12.1. The van der Waals surface area contributed by atoms with Crippen LogP contribution in [0.1, 0.15) is 18.4 Å². The molecule has 1 fully saturated rings. The third kappa shape index (κ3) is 4.17. The molecule has 0 unspecified atom stereocenters. The van der Waals surface area contributed by atoms with Crippen molar-refractivity contribution in [3.63, 3.8) is 0 Å². The van der Waals surface area contributed by atoms with Crippen molar-refractivity contribution in [2.45, 2.75) is 19.8 Å². The van der Waals surface area contributed by atoms with Crippen LogP contribution in [0.25, 0.3) is 0 Å². The number of carbonyl (C=O) groups is 1. The number of thioether (sulfide) groups is 1. The second kappa shape index (κ2) is 7.58. The molecule has 0 N–H and O–H groups in total. The molecular weight excluding hydrogens is 268 g/mol. The van der Waals surface area contributed by atoms with Gasteiger partial charge in [0.05, 0.1) is 0 Å². The van der Waals surface area contributed by atoms with Crippen molar-refractivity contribution in [3.8, 4) is 0 Å². The van der Waals surface area contributed by atoms with Crippen LogP contribution in [-0.2, 0) is 4.79 Å². The second-order valence-corrected chi connectivity index (χ2v) is 6.29. The molecule has 1 aliphatic rings. The van der Waals surface area contributed by atoms with E-state index >= 15 is 0 Å². The zero-order chi connectivity index (χ0) is 14.4. The quantitative estimate of drug-likeness (QED) is 0.780. The molecule has 0 bridgehead atoms. The fourth-order valence-corrected chi connectivity index (χ4v) is 3.00. The van der Waals surface area contributed by atoms with Crippen LogP contribution in [-0.4, -0.2) is 49.0 Å². The number of aryl methyl sites for hydroxylation is 1. The smallest absolute Gasteiger partial charge is 0.222 e. The molecule has 0 aromatic heterocycles. The summed E-state index contributed by atoms with van der Waals surface area (Å²) in [7, 11) is 0. The normalized spacial score (nSPS) is 15.5. The third-order valence-electron chi connectivity index (χ3n) is 3.74. The molecule has 3 nitrogen and oxygen atoms in total. The van der Waals surface area contributed by atoms with E-state index in [9.17, 15) is 4.79 Å². The lowest BCUT2D eigenvalue weighted by atomic mass is 10.2. The molecule has 0 spiro atoms. The number of piperazine rings is 1. The van der Waals surface area contributed by atoms with E-state index in [4.69, 9.17) is 0 Å². The van der Waals surface area contributed by atoms with Gasteiger partial charge in [-0.15, -0.1) is 0 Å². The van der Waals surface area contributed by atoms with Crippen molar-refractivity contribution >= 4 is 23.4 Å². The topological polar surface area (TPSA) is 23.6 Å². The van der Waals surface area contributed by atoms with Crippen molar-refractivity contribution in [2.24, 2.45) is 0 Å². The van der Waals surface area contributed by atoms with Crippen LogP contribution >= 0.6 is 11.8 Å². The Labute approximate surface area is 126 Å². The summed E-state index contributed by atoms with van der Waals surface area (Å²) in [6.45, 7) is 5.71. The van der Waals surface area contributed by atoms with Gasteiger partial charge in [-0.2, -0.15) is 11.8 Å². The van der Waals surface area contributed by atoms with Crippen LogP contribution in [0.3, 0.4) is 0 Å². The first-order chi connectivity index (χ1) is 9.70. The number of amides is 1. The zero-order valence-electron chi connectivity index (χ0n) is 12.5.